The molecule has 132 valence electrons. The van der Waals surface area contributed by atoms with Crippen LogP contribution in [0.3, 0.4) is 0 Å². The lowest BCUT2D eigenvalue weighted by Crippen LogP contribution is -2.27. The molecule has 1 heterocycles. The first-order chi connectivity index (χ1) is 11.9. The molecule has 0 aliphatic carbocycles. The van der Waals surface area contributed by atoms with Crippen molar-refractivity contribution in [3.8, 4) is 0 Å². The normalized spacial score (nSPS) is 10.3. The van der Waals surface area contributed by atoms with Crippen molar-refractivity contribution in [2.45, 2.75) is 19.8 Å². The third-order valence-electron chi connectivity index (χ3n) is 3.68. The van der Waals surface area contributed by atoms with Crippen LogP contribution in [-0.2, 0) is 22.4 Å². The van der Waals surface area contributed by atoms with Crippen molar-refractivity contribution in [1.29, 1.82) is 0 Å². The van der Waals surface area contributed by atoms with Crippen LogP contribution in [-0.4, -0.2) is 30.5 Å². The molecule has 0 radical (unpaired) electrons. The Morgan fingerprint density at radius 2 is 2.04 bits per heavy atom. The molecule has 0 aliphatic rings. The van der Waals surface area contributed by atoms with Crippen LogP contribution >= 0.6 is 0 Å². The van der Waals surface area contributed by atoms with Crippen molar-refractivity contribution in [1.82, 2.24) is 5.32 Å². The quantitative estimate of drug-likeness (QED) is 0.467. The topological polar surface area (TPSA) is 112 Å². The highest BCUT2D eigenvalue weighted by Gasteiger charge is 2.21. The van der Waals surface area contributed by atoms with Gasteiger partial charge in [0.2, 0.25) is 0 Å². The zero-order valence-corrected chi connectivity index (χ0v) is 13.9. The molecular weight excluding hydrogens is 328 g/mol. The number of nitrogens with one attached hydrogen (secondary N) is 1. The zero-order valence-electron chi connectivity index (χ0n) is 13.9. The van der Waals surface area contributed by atoms with Gasteiger partial charge in [-0.25, -0.2) is 0 Å². The standard InChI is InChI=1S/C17H18N2O6/c1-11-10-25-14(9-15(20)24-2)16(11)17(21)18-8-7-12-5-3-4-6-13(12)19(22)23/h3-6,10H,7-9H2,1-2H3,(H,18,21). The number of ether oxygens (including phenoxy) is 1. The van der Waals surface area contributed by atoms with Crippen molar-refractivity contribution in [3.63, 3.8) is 0 Å². The summed E-state index contributed by atoms with van der Waals surface area (Å²) in [5, 5.41) is 13.7. The number of carbonyl (C=O) groups is 2. The summed E-state index contributed by atoms with van der Waals surface area (Å²) in [7, 11) is 1.25. The summed E-state index contributed by atoms with van der Waals surface area (Å²) in [6.45, 7) is 1.91. The second kappa shape index (κ2) is 8.09. The van der Waals surface area contributed by atoms with E-state index in [-0.39, 0.29) is 30.0 Å². The average Bonchev–Trinajstić information content (AvgIpc) is 2.95. The van der Waals surface area contributed by atoms with E-state index in [0.717, 1.165) is 0 Å². The van der Waals surface area contributed by atoms with Gasteiger partial charge in [0, 0.05) is 23.7 Å². The highest BCUT2D eigenvalue weighted by molar-refractivity contribution is 5.97. The molecule has 0 aliphatic heterocycles. The average molecular weight is 346 g/mol. The van der Waals surface area contributed by atoms with E-state index >= 15 is 0 Å². The predicted molar refractivity (Wildman–Crippen MR) is 88.3 cm³/mol. The highest BCUT2D eigenvalue weighted by atomic mass is 16.6. The lowest BCUT2D eigenvalue weighted by Gasteiger charge is -2.07. The molecule has 8 nitrogen and oxygen atoms in total. The van der Waals surface area contributed by atoms with E-state index in [9.17, 15) is 19.7 Å². The van der Waals surface area contributed by atoms with Gasteiger partial charge in [-0.05, 0) is 13.3 Å². The van der Waals surface area contributed by atoms with Gasteiger partial charge in [-0.15, -0.1) is 0 Å². The smallest absolute Gasteiger partial charge is 0.313 e. The fraction of sp³-hybridized carbons (Fsp3) is 0.294. The minimum absolute atomic E-state index is 0.0163. The van der Waals surface area contributed by atoms with Gasteiger partial charge >= 0.3 is 5.97 Å². The number of carbonyl (C=O) groups excluding carboxylic acids is 2. The third kappa shape index (κ3) is 4.43. The van der Waals surface area contributed by atoms with Gasteiger partial charge in [0.15, 0.2) is 0 Å². The van der Waals surface area contributed by atoms with Gasteiger partial charge in [-0.1, -0.05) is 18.2 Å². The van der Waals surface area contributed by atoms with E-state index < -0.39 is 16.8 Å². The molecule has 1 aromatic carbocycles. The van der Waals surface area contributed by atoms with Crippen LogP contribution < -0.4 is 5.32 Å². The number of esters is 1. The number of furan rings is 1. The number of para-hydroxylation sites is 1. The Kier molecular flexibility index (Phi) is 5.89. The van der Waals surface area contributed by atoms with Crippen LogP contribution in [0, 0.1) is 17.0 Å². The Labute approximate surface area is 143 Å². The molecule has 0 saturated carbocycles. The Balaban J connectivity index is 2.03. The van der Waals surface area contributed by atoms with Crippen LogP contribution in [0.25, 0.3) is 0 Å². The summed E-state index contributed by atoms with van der Waals surface area (Å²) in [5.41, 5.74) is 1.43. The molecule has 2 rings (SSSR count). The molecule has 0 bridgehead atoms. The van der Waals surface area contributed by atoms with Gasteiger partial charge in [-0.2, -0.15) is 0 Å². The lowest BCUT2D eigenvalue weighted by molar-refractivity contribution is -0.385. The number of hydrogen-bond acceptors (Lipinski definition) is 6. The monoisotopic (exact) mass is 346 g/mol. The minimum Gasteiger partial charge on any atom is -0.469 e. The van der Waals surface area contributed by atoms with Crippen molar-refractivity contribution < 1.29 is 23.7 Å². The largest absolute Gasteiger partial charge is 0.469 e. The molecule has 0 atom stereocenters. The van der Waals surface area contributed by atoms with Crippen LogP contribution in [0.15, 0.2) is 34.9 Å². The van der Waals surface area contributed by atoms with Gasteiger partial charge in [0.05, 0.1) is 23.9 Å². The molecule has 1 aromatic heterocycles. The summed E-state index contributed by atoms with van der Waals surface area (Å²) in [6.07, 6.45) is 1.57. The Bertz CT molecular complexity index is 796. The van der Waals surface area contributed by atoms with E-state index in [1.165, 1.54) is 19.4 Å². The lowest BCUT2D eigenvalue weighted by atomic mass is 10.1. The zero-order chi connectivity index (χ0) is 18.4. The third-order valence-corrected chi connectivity index (χ3v) is 3.68. The molecule has 25 heavy (non-hydrogen) atoms. The number of aryl methyl sites for hydroxylation is 1. The van der Waals surface area contributed by atoms with Crippen molar-refractivity contribution in [3.05, 3.63) is 63.1 Å². The van der Waals surface area contributed by atoms with Gasteiger partial charge in [0.1, 0.15) is 12.2 Å². The van der Waals surface area contributed by atoms with Crippen molar-refractivity contribution in [2.24, 2.45) is 0 Å². The first-order valence-electron chi connectivity index (χ1n) is 7.58. The fourth-order valence-corrected chi connectivity index (χ4v) is 2.44. The first kappa shape index (κ1) is 18.2. The number of methoxy groups -OCH3 is 1. The maximum absolute atomic E-state index is 12.4. The van der Waals surface area contributed by atoms with Gasteiger partial charge in [0.25, 0.3) is 11.6 Å². The predicted octanol–water partition coefficient (Wildman–Crippen LogP) is 2.18. The van der Waals surface area contributed by atoms with Crippen LogP contribution in [0.1, 0.15) is 27.2 Å². The van der Waals surface area contributed by atoms with Gasteiger partial charge < -0.3 is 14.5 Å². The summed E-state index contributed by atoms with van der Waals surface area (Å²) < 4.78 is 9.83. The first-order valence-corrected chi connectivity index (χ1v) is 7.58. The Hall–Kier alpha value is -3.16. The van der Waals surface area contributed by atoms with E-state index in [1.54, 1.807) is 25.1 Å². The Morgan fingerprint density at radius 1 is 1.32 bits per heavy atom. The molecule has 1 amide bonds. The van der Waals surface area contributed by atoms with Crippen LogP contribution in [0.2, 0.25) is 0 Å². The van der Waals surface area contributed by atoms with E-state index in [4.69, 9.17) is 4.42 Å². The maximum atomic E-state index is 12.4. The van der Waals surface area contributed by atoms with Gasteiger partial charge in [-0.3, -0.25) is 19.7 Å². The minimum atomic E-state index is -0.511. The number of benzene rings is 1. The number of hydrogen-bond donors (Lipinski definition) is 1. The molecular formula is C17H18N2O6. The molecule has 0 spiro atoms. The SMILES string of the molecule is COC(=O)Cc1occ(C)c1C(=O)NCCc1ccccc1[N+](=O)[O-]. The van der Waals surface area contributed by atoms with E-state index in [1.807, 2.05) is 0 Å². The number of nitro benzene ring substituents is 1. The molecule has 1 N–H and O–H groups in total. The van der Waals surface area contributed by atoms with E-state index in [2.05, 4.69) is 10.1 Å². The summed E-state index contributed by atoms with van der Waals surface area (Å²) in [6, 6.07) is 6.37. The summed E-state index contributed by atoms with van der Waals surface area (Å²) in [4.78, 5) is 34.3. The molecule has 2 aromatic rings. The second-order valence-electron chi connectivity index (χ2n) is 5.36. The van der Waals surface area contributed by atoms with Crippen LogP contribution in [0.5, 0.6) is 0 Å². The van der Waals surface area contributed by atoms with Crippen molar-refractivity contribution in [2.75, 3.05) is 13.7 Å². The number of nitrogens with zero attached hydrogens (tertiary/aromatic N) is 1. The number of rotatable bonds is 7. The fourth-order valence-electron chi connectivity index (χ4n) is 2.44. The highest BCUT2D eigenvalue weighted by Crippen LogP contribution is 2.19. The maximum Gasteiger partial charge on any atom is 0.313 e. The summed E-state index contributed by atoms with van der Waals surface area (Å²) in [5.74, 6) is -0.681. The van der Waals surface area contributed by atoms with E-state index in [0.29, 0.717) is 17.5 Å². The van der Waals surface area contributed by atoms with Crippen LogP contribution in [0.4, 0.5) is 5.69 Å². The summed E-state index contributed by atoms with van der Waals surface area (Å²) >= 11 is 0. The molecule has 0 unspecified atom stereocenters. The number of nitro groups is 1. The Morgan fingerprint density at radius 3 is 2.72 bits per heavy atom. The molecule has 0 fully saturated rings. The molecule has 0 saturated heterocycles. The number of amides is 1. The molecule has 8 heteroatoms. The second-order valence-corrected chi connectivity index (χ2v) is 5.36. The van der Waals surface area contributed by atoms with Crippen molar-refractivity contribution >= 4 is 17.6 Å².